The molecule has 1 saturated heterocycles. The third-order valence-corrected chi connectivity index (χ3v) is 4.50. The predicted molar refractivity (Wildman–Crippen MR) is 83.8 cm³/mol. The molecule has 1 heteroatoms. The lowest BCUT2D eigenvalue weighted by Gasteiger charge is -2.24. The van der Waals surface area contributed by atoms with Crippen molar-refractivity contribution in [1.29, 1.82) is 0 Å². The Bertz CT molecular complexity index is 408. The van der Waals surface area contributed by atoms with Crippen molar-refractivity contribution in [2.24, 2.45) is 5.92 Å². The van der Waals surface area contributed by atoms with Gasteiger partial charge in [0, 0.05) is 0 Å². The normalized spacial score (nSPS) is 17.7. The highest BCUT2D eigenvalue weighted by atomic mass is 14.9. The lowest BCUT2D eigenvalue weighted by molar-refractivity contribution is 0.354. The number of aryl methyl sites for hydroxylation is 2. The Balaban J connectivity index is 2.02. The van der Waals surface area contributed by atoms with Crippen LogP contribution in [-0.4, -0.2) is 13.1 Å². The molecule has 1 aromatic rings. The van der Waals surface area contributed by atoms with Crippen molar-refractivity contribution < 1.29 is 0 Å². The zero-order chi connectivity index (χ0) is 13.9. The van der Waals surface area contributed by atoms with E-state index in [9.17, 15) is 0 Å². The fourth-order valence-corrected chi connectivity index (χ4v) is 2.94. The zero-order valence-corrected chi connectivity index (χ0v) is 13.1. The largest absolute Gasteiger partial charge is 0.317 e. The van der Waals surface area contributed by atoms with Crippen LogP contribution in [0.1, 0.15) is 56.7 Å². The molecule has 1 fully saturated rings. The van der Waals surface area contributed by atoms with Crippen molar-refractivity contribution in [2.45, 2.75) is 58.8 Å². The van der Waals surface area contributed by atoms with Gasteiger partial charge in [0.2, 0.25) is 0 Å². The van der Waals surface area contributed by atoms with Crippen LogP contribution >= 0.6 is 0 Å². The molecule has 0 saturated carbocycles. The summed E-state index contributed by atoms with van der Waals surface area (Å²) in [5.74, 6) is 0.930. The highest BCUT2D eigenvalue weighted by Crippen LogP contribution is 2.26. The van der Waals surface area contributed by atoms with Gasteiger partial charge >= 0.3 is 0 Å². The van der Waals surface area contributed by atoms with E-state index in [1.807, 2.05) is 0 Å². The van der Waals surface area contributed by atoms with Crippen LogP contribution in [0.5, 0.6) is 0 Å². The number of rotatable bonds is 3. The smallest absolute Gasteiger partial charge is 0.00463 e. The molecule has 1 nitrogen and oxygen atoms in total. The Morgan fingerprint density at radius 3 is 2.47 bits per heavy atom. The molecule has 0 radical (unpaired) electrons. The van der Waals surface area contributed by atoms with E-state index in [4.69, 9.17) is 0 Å². The Morgan fingerprint density at radius 1 is 1.16 bits per heavy atom. The van der Waals surface area contributed by atoms with Crippen molar-refractivity contribution >= 4 is 0 Å². The van der Waals surface area contributed by atoms with Gasteiger partial charge in [0.05, 0.1) is 0 Å². The van der Waals surface area contributed by atoms with Gasteiger partial charge in [0.15, 0.2) is 0 Å². The second kappa shape index (κ2) is 6.09. The van der Waals surface area contributed by atoms with Gasteiger partial charge in [-0.05, 0) is 73.7 Å². The van der Waals surface area contributed by atoms with E-state index < -0.39 is 0 Å². The molecule has 0 aliphatic carbocycles. The van der Waals surface area contributed by atoms with Crippen LogP contribution in [0, 0.1) is 12.8 Å². The maximum absolute atomic E-state index is 3.45. The van der Waals surface area contributed by atoms with Crippen LogP contribution in [0.2, 0.25) is 0 Å². The average molecular weight is 259 g/mol. The van der Waals surface area contributed by atoms with Gasteiger partial charge in [-0.15, -0.1) is 0 Å². The second-order valence-electron chi connectivity index (χ2n) is 7.12. The third kappa shape index (κ3) is 4.07. The number of hydrogen-bond donors (Lipinski definition) is 1. The highest BCUT2D eigenvalue weighted by molar-refractivity contribution is 5.34. The summed E-state index contributed by atoms with van der Waals surface area (Å²) in [4.78, 5) is 0. The van der Waals surface area contributed by atoms with E-state index in [2.05, 4.69) is 51.2 Å². The summed E-state index contributed by atoms with van der Waals surface area (Å²) in [6.07, 6.45) is 5.33. The quantitative estimate of drug-likeness (QED) is 0.857. The number of piperidine rings is 1. The molecule has 19 heavy (non-hydrogen) atoms. The maximum Gasteiger partial charge on any atom is -0.00463 e. The molecule has 0 aromatic heterocycles. The average Bonchev–Trinajstić information content (AvgIpc) is 2.37. The predicted octanol–water partition coefficient (Wildman–Crippen LogP) is 4.22. The number of nitrogens with one attached hydrogen (secondary N) is 1. The van der Waals surface area contributed by atoms with Gasteiger partial charge in [-0.1, -0.05) is 39.0 Å². The molecule has 1 N–H and O–H groups in total. The van der Waals surface area contributed by atoms with Gasteiger partial charge in [0.25, 0.3) is 0 Å². The van der Waals surface area contributed by atoms with Crippen LogP contribution in [0.15, 0.2) is 18.2 Å². The minimum atomic E-state index is 0.261. The first-order valence-corrected chi connectivity index (χ1v) is 7.77. The van der Waals surface area contributed by atoms with E-state index in [1.54, 1.807) is 5.56 Å². The van der Waals surface area contributed by atoms with E-state index in [1.165, 1.54) is 49.9 Å². The lowest BCUT2D eigenvalue weighted by Crippen LogP contribution is -2.27. The summed E-state index contributed by atoms with van der Waals surface area (Å²) in [6, 6.07) is 7.04. The van der Waals surface area contributed by atoms with Crippen molar-refractivity contribution in [1.82, 2.24) is 5.32 Å². The third-order valence-electron chi connectivity index (χ3n) is 4.50. The SMILES string of the molecule is Cc1ccc(C(C)(C)C)cc1CCC1CCNCC1. The van der Waals surface area contributed by atoms with Crippen LogP contribution < -0.4 is 5.32 Å². The topological polar surface area (TPSA) is 12.0 Å². The molecule has 1 aliphatic rings. The molecule has 1 aliphatic heterocycles. The van der Waals surface area contributed by atoms with Crippen molar-refractivity contribution in [3.05, 3.63) is 34.9 Å². The van der Waals surface area contributed by atoms with Gasteiger partial charge in [0.1, 0.15) is 0 Å². The minimum absolute atomic E-state index is 0.261. The first kappa shape index (κ1) is 14.6. The van der Waals surface area contributed by atoms with Crippen LogP contribution in [0.3, 0.4) is 0 Å². The van der Waals surface area contributed by atoms with Crippen LogP contribution in [-0.2, 0) is 11.8 Å². The first-order chi connectivity index (χ1) is 8.97. The van der Waals surface area contributed by atoms with E-state index in [0.717, 1.165) is 5.92 Å². The summed E-state index contributed by atoms with van der Waals surface area (Å²) < 4.78 is 0. The molecule has 0 amide bonds. The Morgan fingerprint density at radius 2 is 1.84 bits per heavy atom. The molecular formula is C18H29N. The van der Waals surface area contributed by atoms with Crippen LogP contribution in [0.4, 0.5) is 0 Å². The lowest BCUT2D eigenvalue weighted by atomic mass is 9.83. The highest BCUT2D eigenvalue weighted by Gasteiger charge is 2.16. The number of hydrogen-bond acceptors (Lipinski definition) is 1. The maximum atomic E-state index is 3.45. The molecule has 0 atom stereocenters. The van der Waals surface area contributed by atoms with Crippen LogP contribution in [0.25, 0.3) is 0 Å². The van der Waals surface area contributed by atoms with Gasteiger partial charge in [-0.3, -0.25) is 0 Å². The van der Waals surface area contributed by atoms with E-state index in [0.29, 0.717) is 0 Å². The standard InChI is InChI=1S/C18H29N/c1-14-5-8-17(18(2,3)4)13-16(14)7-6-15-9-11-19-12-10-15/h5,8,13,15,19H,6-7,9-12H2,1-4H3. The molecule has 106 valence electrons. The van der Waals surface area contributed by atoms with Gasteiger partial charge in [-0.25, -0.2) is 0 Å². The fraction of sp³-hybridized carbons (Fsp3) is 0.667. The monoisotopic (exact) mass is 259 g/mol. The molecule has 0 spiro atoms. The fourth-order valence-electron chi connectivity index (χ4n) is 2.94. The first-order valence-electron chi connectivity index (χ1n) is 7.77. The van der Waals surface area contributed by atoms with Gasteiger partial charge < -0.3 is 5.32 Å². The summed E-state index contributed by atoms with van der Waals surface area (Å²) in [7, 11) is 0. The van der Waals surface area contributed by atoms with Crippen molar-refractivity contribution in [3.8, 4) is 0 Å². The zero-order valence-electron chi connectivity index (χ0n) is 13.1. The molecule has 2 rings (SSSR count). The second-order valence-corrected chi connectivity index (χ2v) is 7.12. The molecule has 0 unspecified atom stereocenters. The summed E-state index contributed by atoms with van der Waals surface area (Å²) in [5.41, 5.74) is 4.75. The Labute approximate surface area is 118 Å². The summed E-state index contributed by atoms with van der Waals surface area (Å²) in [5, 5.41) is 3.45. The minimum Gasteiger partial charge on any atom is -0.317 e. The molecule has 1 heterocycles. The van der Waals surface area contributed by atoms with Gasteiger partial charge in [-0.2, -0.15) is 0 Å². The van der Waals surface area contributed by atoms with Crippen molar-refractivity contribution in [3.63, 3.8) is 0 Å². The number of benzene rings is 1. The summed E-state index contributed by atoms with van der Waals surface area (Å²) >= 11 is 0. The Hall–Kier alpha value is -0.820. The molecular weight excluding hydrogens is 230 g/mol. The van der Waals surface area contributed by atoms with E-state index >= 15 is 0 Å². The Kier molecular flexibility index (Phi) is 4.67. The molecule has 0 bridgehead atoms. The van der Waals surface area contributed by atoms with Crippen molar-refractivity contribution in [2.75, 3.05) is 13.1 Å². The van der Waals surface area contributed by atoms with E-state index in [-0.39, 0.29) is 5.41 Å². The molecule has 1 aromatic carbocycles. The summed E-state index contributed by atoms with van der Waals surface area (Å²) in [6.45, 7) is 11.6.